The van der Waals surface area contributed by atoms with Crippen LogP contribution in [0, 0.1) is 0 Å². The fourth-order valence-corrected chi connectivity index (χ4v) is 1.45. The SMILES string of the molecule is CC(O)C(O)C(CO)c1ccccc1. The van der Waals surface area contributed by atoms with Crippen LogP contribution in [0.25, 0.3) is 0 Å². The van der Waals surface area contributed by atoms with Gasteiger partial charge in [-0.2, -0.15) is 0 Å². The van der Waals surface area contributed by atoms with Crippen molar-refractivity contribution >= 4 is 0 Å². The first-order valence-electron chi connectivity index (χ1n) is 4.68. The molecule has 0 aliphatic rings. The van der Waals surface area contributed by atoms with Gasteiger partial charge in [-0.05, 0) is 12.5 Å². The van der Waals surface area contributed by atoms with E-state index in [2.05, 4.69) is 0 Å². The molecule has 1 aromatic rings. The Balaban J connectivity index is 2.82. The number of benzene rings is 1. The number of hydrogen-bond donors (Lipinski definition) is 3. The Morgan fingerprint density at radius 3 is 2.14 bits per heavy atom. The average Bonchev–Trinajstić information content (AvgIpc) is 2.20. The van der Waals surface area contributed by atoms with Crippen molar-refractivity contribution in [2.45, 2.75) is 25.0 Å². The van der Waals surface area contributed by atoms with Crippen LogP contribution in [-0.4, -0.2) is 34.1 Å². The second kappa shape index (κ2) is 5.10. The molecular formula is C11H16O3. The molecule has 3 unspecified atom stereocenters. The Morgan fingerprint density at radius 1 is 1.14 bits per heavy atom. The fraction of sp³-hybridized carbons (Fsp3) is 0.455. The molecule has 3 heteroatoms. The molecular weight excluding hydrogens is 180 g/mol. The van der Waals surface area contributed by atoms with E-state index in [1.807, 2.05) is 30.3 Å². The summed E-state index contributed by atoms with van der Waals surface area (Å²) in [5.74, 6) is -0.420. The molecule has 1 rings (SSSR count). The zero-order chi connectivity index (χ0) is 10.6. The average molecular weight is 196 g/mol. The molecule has 3 atom stereocenters. The second-order valence-electron chi connectivity index (χ2n) is 3.43. The zero-order valence-corrected chi connectivity index (χ0v) is 8.17. The summed E-state index contributed by atoms with van der Waals surface area (Å²) in [4.78, 5) is 0. The number of aliphatic hydroxyl groups is 3. The van der Waals surface area contributed by atoms with Crippen molar-refractivity contribution in [3.8, 4) is 0 Å². The molecule has 0 spiro atoms. The maximum atomic E-state index is 9.63. The lowest BCUT2D eigenvalue weighted by Crippen LogP contribution is -2.31. The summed E-state index contributed by atoms with van der Waals surface area (Å²) in [6.45, 7) is 1.34. The highest BCUT2D eigenvalue weighted by atomic mass is 16.3. The maximum absolute atomic E-state index is 9.63. The van der Waals surface area contributed by atoms with Gasteiger partial charge >= 0.3 is 0 Å². The van der Waals surface area contributed by atoms with E-state index in [4.69, 9.17) is 5.11 Å². The molecule has 0 aromatic heterocycles. The van der Waals surface area contributed by atoms with Gasteiger partial charge in [-0.15, -0.1) is 0 Å². The van der Waals surface area contributed by atoms with Crippen LogP contribution in [0.3, 0.4) is 0 Å². The molecule has 1 aromatic carbocycles. The van der Waals surface area contributed by atoms with Crippen LogP contribution in [0.1, 0.15) is 18.4 Å². The Morgan fingerprint density at radius 2 is 1.71 bits per heavy atom. The van der Waals surface area contributed by atoms with Crippen molar-refractivity contribution in [3.05, 3.63) is 35.9 Å². The first kappa shape index (κ1) is 11.2. The van der Waals surface area contributed by atoms with Crippen molar-refractivity contribution in [3.63, 3.8) is 0 Å². The van der Waals surface area contributed by atoms with Crippen molar-refractivity contribution in [2.75, 3.05) is 6.61 Å². The van der Waals surface area contributed by atoms with Gasteiger partial charge in [0, 0.05) is 5.92 Å². The fourth-order valence-electron chi connectivity index (χ4n) is 1.45. The highest BCUT2D eigenvalue weighted by molar-refractivity contribution is 5.21. The first-order valence-corrected chi connectivity index (χ1v) is 4.68. The van der Waals surface area contributed by atoms with E-state index in [-0.39, 0.29) is 6.61 Å². The van der Waals surface area contributed by atoms with Gasteiger partial charge in [-0.3, -0.25) is 0 Å². The number of rotatable bonds is 4. The minimum Gasteiger partial charge on any atom is -0.396 e. The predicted molar refractivity (Wildman–Crippen MR) is 54.0 cm³/mol. The van der Waals surface area contributed by atoms with Crippen molar-refractivity contribution in [1.82, 2.24) is 0 Å². The smallest absolute Gasteiger partial charge is 0.0886 e. The second-order valence-corrected chi connectivity index (χ2v) is 3.43. The zero-order valence-electron chi connectivity index (χ0n) is 8.17. The van der Waals surface area contributed by atoms with Crippen molar-refractivity contribution in [1.29, 1.82) is 0 Å². The van der Waals surface area contributed by atoms with Gasteiger partial charge < -0.3 is 15.3 Å². The molecule has 78 valence electrons. The summed E-state index contributed by atoms with van der Waals surface area (Å²) in [6.07, 6.45) is -1.77. The van der Waals surface area contributed by atoms with Crippen LogP contribution in [-0.2, 0) is 0 Å². The Kier molecular flexibility index (Phi) is 4.07. The highest BCUT2D eigenvalue weighted by Crippen LogP contribution is 2.20. The standard InChI is InChI=1S/C11H16O3/c1-8(13)11(14)10(7-12)9-5-3-2-4-6-9/h2-6,8,10-14H,7H2,1H3. The van der Waals surface area contributed by atoms with E-state index in [0.717, 1.165) is 5.56 Å². The van der Waals surface area contributed by atoms with Gasteiger partial charge in [-0.1, -0.05) is 30.3 Å². The molecule has 0 saturated heterocycles. The minimum atomic E-state index is -0.928. The highest BCUT2D eigenvalue weighted by Gasteiger charge is 2.23. The Labute approximate surface area is 83.6 Å². The maximum Gasteiger partial charge on any atom is 0.0886 e. The third-order valence-corrected chi connectivity index (χ3v) is 2.33. The summed E-state index contributed by atoms with van der Waals surface area (Å²) >= 11 is 0. The number of aliphatic hydroxyl groups excluding tert-OH is 3. The lowest BCUT2D eigenvalue weighted by atomic mass is 9.91. The lowest BCUT2D eigenvalue weighted by molar-refractivity contribution is 0.000786. The van der Waals surface area contributed by atoms with Crippen molar-refractivity contribution in [2.24, 2.45) is 0 Å². The van der Waals surface area contributed by atoms with E-state index < -0.39 is 18.1 Å². The van der Waals surface area contributed by atoms with E-state index >= 15 is 0 Å². The third-order valence-electron chi connectivity index (χ3n) is 2.33. The van der Waals surface area contributed by atoms with Crippen LogP contribution in [0.15, 0.2) is 30.3 Å². The summed E-state index contributed by atoms with van der Waals surface area (Å²) in [7, 11) is 0. The topological polar surface area (TPSA) is 60.7 Å². The van der Waals surface area contributed by atoms with Crippen LogP contribution in [0.5, 0.6) is 0 Å². The molecule has 0 amide bonds. The van der Waals surface area contributed by atoms with Crippen LogP contribution in [0.4, 0.5) is 0 Å². The molecule has 14 heavy (non-hydrogen) atoms. The molecule has 0 fully saturated rings. The first-order chi connectivity index (χ1) is 6.66. The molecule has 0 saturated carbocycles. The third kappa shape index (κ3) is 2.54. The van der Waals surface area contributed by atoms with Crippen LogP contribution < -0.4 is 0 Å². The molecule has 0 aliphatic heterocycles. The van der Waals surface area contributed by atoms with Gasteiger partial charge in [0.25, 0.3) is 0 Å². The summed E-state index contributed by atoms with van der Waals surface area (Å²) in [6, 6.07) is 9.20. The molecule has 0 bridgehead atoms. The van der Waals surface area contributed by atoms with Crippen molar-refractivity contribution < 1.29 is 15.3 Å². The molecule has 0 radical (unpaired) electrons. The van der Waals surface area contributed by atoms with E-state index in [1.165, 1.54) is 6.92 Å². The monoisotopic (exact) mass is 196 g/mol. The lowest BCUT2D eigenvalue weighted by Gasteiger charge is -2.23. The molecule has 3 N–H and O–H groups in total. The van der Waals surface area contributed by atoms with Gasteiger partial charge in [0.05, 0.1) is 18.8 Å². The molecule has 3 nitrogen and oxygen atoms in total. The number of hydrogen-bond acceptors (Lipinski definition) is 3. The quantitative estimate of drug-likeness (QED) is 0.657. The van der Waals surface area contributed by atoms with E-state index in [9.17, 15) is 10.2 Å². The Hall–Kier alpha value is -0.900. The van der Waals surface area contributed by atoms with Gasteiger partial charge in [0.15, 0.2) is 0 Å². The van der Waals surface area contributed by atoms with E-state index in [0.29, 0.717) is 0 Å². The summed E-state index contributed by atoms with van der Waals surface area (Å²) in [5, 5.41) is 28.0. The summed E-state index contributed by atoms with van der Waals surface area (Å²) < 4.78 is 0. The molecule has 0 aliphatic carbocycles. The largest absolute Gasteiger partial charge is 0.396 e. The minimum absolute atomic E-state index is 0.171. The molecule has 0 heterocycles. The van der Waals surface area contributed by atoms with E-state index in [1.54, 1.807) is 0 Å². The van der Waals surface area contributed by atoms with Gasteiger partial charge in [0.2, 0.25) is 0 Å². The Bertz CT molecular complexity index is 258. The normalized spacial score (nSPS) is 17.4. The van der Waals surface area contributed by atoms with Crippen LogP contribution >= 0.6 is 0 Å². The van der Waals surface area contributed by atoms with Crippen LogP contribution in [0.2, 0.25) is 0 Å². The predicted octanol–water partition coefficient (Wildman–Crippen LogP) is 0.504. The summed E-state index contributed by atoms with van der Waals surface area (Å²) in [5.41, 5.74) is 0.836. The van der Waals surface area contributed by atoms with Gasteiger partial charge in [-0.25, -0.2) is 0 Å². The van der Waals surface area contributed by atoms with Gasteiger partial charge in [0.1, 0.15) is 0 Å².